The SMILES string of the molecule is CC(Nc1ccc2c(c1)COC2)c1sccc1Br. The highest BCUT2D eigenvalue weighted by molar-refractivity contribution is 9.10. The van der Waals surface area contributed by atoms with Crippen molar-refractivity contribution in [1.82, 2.24) is 0 Å². The molecule has 0 fully saturated rings. The molecule has 0 bridgehead atoms. The van der Waals surface area contributed by atoms with Crippen LogP contribution < -0.4 is 5.32 Å². The summed E-state index contributed by atoms with van der Waals surface area (Å²) >= 11 is 5.35. The molecule has 18 heavy (non-hydrogen) atoms. The summed E-state index contributed by atoms with van der Waals surface area (Å²) in [5.74, 6) is 0. The van der Waals surface area contributed by atoms with Crippen molar-refractivity contribution in [1.29, 1.82) is 0 Å². The maximum Gasteiger partial charge on any atom is 0.0725 e. The summed E-state index contributed by atoms with van der Waals surface area (Å²) < 4.78 is 6.61. The van der Waals surface area contributed by atoms with E-state index in [2.05, 4.69) is 57.8 Å². The van der Waals surface area contributed by atoms with Crippen molar-refractivity contribution in [3.8, 4) is 0 Å². The molecule has 1 aliphatic heterocycles. The van der Waals surface area contributed by atoms with Gasteiger partial charge in [0.15, 0.2) is 0 Å². The molecule has 2 heterocycles. The van der Waals surface area contributed by atoms with Crippen LogP contribution in [-0.2, 0) is 18.0 Å². The lowest BCUT2D eigenvalue weighted by Gasteiger charge is -2.15. The van der Waals surface area contributed by atoms with Crippen LogP contribution >= 0.6 is 27.3 Å². The Balaban J connectivity index is 1.79. The van der Waals surface area contributed by atoms with Gasteiger partial charge < -0.3 is 10.1 Å². The maximum atomic E-state index is 5.43. The van der Waals surface area contributed by atoms with Crippen LogP contribution in [0.4, 0.5) is 5.69 Å². The zero-order chi connectivity index (χ0) is 12.5. The predicted octanol–water partition coefficient (Wildman–Crippen LogP) is 4.71. The van der Waals surface area contributed by atoms with Gasteiger partial charge in [-0.05, 0) is 57.6 Å². The molecule has 4 heteroatoms. The Labute approximate surface area is 119 Å². The number of hydrogen-bond acceptors (Lipinski definition) is 3. The number of halogens is 1. The van der Waals surface area contributed by atoms with E-state index >= 15 is 0 Å². The van der Waals surface area contributed by atoms with Crippen LogP contribution in [0.15, 0.2) is 34.1 Å². The summed E-state index contributed by atoms with van der Waals surface area (Å²) in [7, 11) is 0. The van der Waals surface area contributed by atoms with Gasteiger partial charge in [0.1, 0.15) is 0 Å². The van der Waals surface area contributed by atoms with Crippen LogP contribution in [0.2, 0.25) is 0 Å². The second kappa shape index (κ2) is 5.03. The lowest BCUT2D eigenvalue weighted by molar-refractivity contribution is 0.134. The summed E-state index contributed by atoms with van der Waals surface area (Å²) in [5, 5.41) is 5.64. The summed E-state index contributed by atoms with van der Waals surface area (Å²) in [6.45, 7) is 3.67. The first-order chi connectivity index (χ1) is 8.74. The largest absolute Gasteiger partial charge is 0.378 e. The molecule has 0 saturated heterocycles. The first-order valence-corrected chi connectivity index (χ1v) is 7.60. The smallest absolute Gasteiger partial charge is 0.0725 e. The average Bonchev–Trinajstić information content (AvgIpc) is 2.96. The second-order valence-corrected chi connectivity index (χ2v) is 6.28. The summed E-state index contributed by atoms with van der Waals surface area (Å²) in [6.07, 6.45) is 0. The summed E-state index contributed by atoms with van der Waals surface area (Å²) in [5.41, 5.74) is 3.77. The molecule has 1 N–H and O–H groups in total. The Morgan fingerprint density at radius 2 is 2.11 bits per heavy atom. The van der Waals surface area contributed by atoms with Gasteiger partial charge in [0.2, 0.25) is 0 Å². The fraction of sp³-hybridized carbons (Fsp3) is 0.286. The van der Waals surface area contributed by atoms with Crippen molar-refractivity contribution < 1.29 is 4.74 Å². The minimum atomic E-state index is 0.305. The Kier molecular flexibility index (Phi) is 3.41. The third kappa shape index (κ3) is 2.32. The lowest BCUT2D eigenvalue weighted by Crippen LogP contribution is -2.05. The van der Waals surface area contributed by atoms with Crippen LogP contribution in [0.1, 0.15) is 29.0 Å². The third-order valence-electron chi connectivity index (χ3n) is 3.14. The Morgan fingerprint density at radius 3 is 2.89 bits per heavy atom. The highest BCUT2D eigenvalue weighted by atomic mass is 79.9. The minimum Gasteiger partial charge on any atom is -0.378 e. The van der Waals surface area contributed by atoms with E-state index in [0.717, 1.165) is 18.9 Å². The normalized spacial score (nSPS) is 15.4. The Hall–Kier alpha value is -0.840. The highest BCUT2D eigenvalue weighted by Crippen LogP contribution is 2.32. The van der Waals surface area contributed by atoms with E-state index in [0.29, 0.717) is 6.04 Å². The number of ether oxygens (including phenoxy) is 1. The van der Waals surface area contributed by atoms with Crippen LogP contribution in [0, 0.1) is 0 Å². The molecule has 1 aromatic heterocycles. The van der Waals surface area contributed by atoms with E-state index in [-0.39, 0.29) is 0 Å². The zero-order valence-corrected chi connectivity index (χ0v) is 12.5. The third-order valence-corrected chi connectivity index (χ3v) is 5.20. The number of fused-ring (bicyclic) bond motifs is 1. The molecular weight excluding hydrogens is 310 g/mol. The molecule has 0 spiro atoms. The van der Waals surface area contributed by atoms with Crippen molar-refractivity contribution in [2.24, 2.45) is 0 Å². The molecule has 1 atom stereocenters. The molecule has 3 rings (SSSR count). The van der Waals surface area contributed by atoms with E-state index < -0.39 is 0 Å². The molecule has 0 aliphatic carbocycles. The van der Waals surface area contributed by atoms with Crippen LogP contribution in [0.25, 0.3) is 0 Å². The van der Waals surface area contributed by atoms with E-state index in [4.69, 9.17) is 4.74 Å². The summed E-state index contributed by atoms with van der Waals surface area (Å²) in [6, 6.07) is 8.88. The van der Waals surface area contributed by atoms with Gasteiger partial charge in [0.05, 0.1) is 19.3 Å². The Bertz CT molecular complexity index is 567. The molecule has 94 valence electrons. The van der Waals surface area contributed by atoms with Gasteiger partial charge in [-0.1, -0.05) is 6.07 Å². The number of hydrogen-bond donors (Lipinski definition) is 1. The van der Waals surface area contributed by atoms with Gasteiger partial charge in [-0.25, -0.2) is 0 Å². The number of rotatable bonds is 3. The van der Waals surface area contributed by atoms with Gasteiger partial charge in [-0.15, -0.1) is 11.3 Å². The van der Waals surface area contributed by atoms with Crippen molar-refractivity contribution in [2.45, 2.75) is 26.2 Å². The van der Waals surface area contributed by atoms with E-state index in [9.17, 15) is 0 Å². The lowest BCUT2D eigenvalue weighted by atomic mass is 10.1. The van der Waals surface area contributed by atoms with Gasteiger partial charge in [0.25, 0.3) is 0 Å². The number of anilines is 1. The minimum absolute atomic E-state index is 0.305. The van der Waals surface area contributed by atoms with Gasteiger partial charge >= 0.3 is 0 Å². The monoisotopic (exact) mass is 323 g/mol. The molecule has 0 radical (unpaired) electrons. The Morgan fingerprint density at radius 1 is 1.28 bits per heavy atom. The van der Waals surface area contributed by atoms with Gasteiger partial charge in [0, 0.05) is 15.0 Å². The first kappa shape index (κ1) is 12.2. The molecule has 2 aromatic rings. The maximum absolute atomic E-state index is 5.43. The van der Waals surface area contributed by atoms with E-state index in [1.165, 1.54) is 20.5 Å². The zero-order valence-electron chi connectivity index (χ0n) is 10.1. The quantitative estimate of drug-likeness (QED) is 0.882. The standard InChI is InChI=1S/C14H14BrNOS/c1-9(14-13(15)4-5-18-14)16-12-3-2-10-7-17-8-11(10)6-12/h2-6,9,16H,7-8H2,1H3. The van der Waals surface area contributed by atoms with Gasteiger partial charge in [-0.3, -0.25) is 0 Å². The number of nitrogens with one attached hydrogen (secondary N) is 1. The van der Waals surface area contributed by atoms with Crippen LogP contribution in [0.3, 0.4) is 0 Å². The van der Waals surface area contributed by atoms with Crippen molar-refractivity contribution >= 4 is 33.0 Å². The van der Waals surface area contributed by atoms with Crippen molar-refractivity contribution in [3.05, 3.63) is 50.1 Å². The van der Waals surface area contributed by atoms with Crippen LogP contribution in [0.5, 0.6) is 0 Å². The highest BCUT2D eigenvalue weighted by Gasteiger charge is 2.14. The molecule has 1 unspecified atom stereocenters. The molecule has 1 aliphatic rings. The average molecular weight is 324 g/mol. The van der Waals surface area contributed by atoms with E-state index in [1.807, 2.05) is 0 Å². The first-order valence-electron chi connectivity index (χ1n) is 5.93. The molecule has 0 amide bonds. The molecular formula is C14H14BrNOS. The fourth-order valence-electron chi connectivity index (χ4n) is 2.19. The van der Waals surface area contributed by atoms with E-state index in [1.54, 1.807) is 11.3 Å². The van der Waals surface area contributed by atoms with Gasteiger partial charge in [-0.2, -0.15) is 0 Å². The van der Waals surface area contributed by atoms with Crippen molar-refractivity contribution in [3.63, 3.8) is 0 Å². The van der Waals surface area contributed by atoms with Crippen molar-refractivity contribution in [2.75, 3.05) is 5.32 Å². The fourth-order valence-corrected chi connectivity index (χ4v) is 3.92. The molecule has 1 aromatic carbocycles. The second-order valence-electron chi connectivity index (χ2n) is 4.48. The molecule has 0 saturated carbocycles. The number of benzene rings is 1. The predicted molar refractivity (Wildman–Crippen MR) is 79.0 cm³/mol. The topological polar surface area (TPSA) is 21.3 Å². The number of thiophene rings is 1. The molecule has 2 nitrogen and oxygen atoms in total. The van der Waals surface area contributed by atoms with Crippen LogP contribution in [-0.4, -0.2) is 0 Å². The summed E-state index contributed by atoms with van der Waals surface area (Å²) in [4.78, 5) is 1.33.